The Balaban J connectivity index is 2.52. The molecular formula is C27H32O6. The van der Waals surface area contributed by atoms with Crippen molar-refractivity contribution in [3.8, 4) is 23.0 Å². The van der Waals surface area contributed by atoms with Gasteiger partial charge in [0.05, 0.1) is 13.2 Å². The molecule has 0 saturated heterocycles. The number of benzene rings is 2. The maximum absolute atomic E-state index is 11.9. The number of esters is 2. The van der Waals surface area contributed by atoms with Gasteiger partial charge in [0, 0.05) is 39.8 Å². The summed E-state index contributed by atoms with van der Waals surface area (Å²) >= 11 is 0. The number of carbonyl (C=O) groups excluding carboxylic acids is 2. The van der Waals surface area contributed by atoms with Crippen molar-refractivity contribution < 1.29 is 28.5 Å². The average Bonchev–Trinajstić information content (AvgIpc) is 2.74. The fraction of sp³-hybridized carbons (Fsp3) is 0.333. The molecule has 2 rings (SSSR count). The molecule has 0 atom stereocenters. The first-order valence-corrected chi connectivity index (χ1v) is 10.8. The van der Waals surface area contributed by atoms with E-state index in [0.29, 0.717) is 47.4 Å². The molecule has 0 heterocycles. The molecule has 6 heteroatoms. The summed E-state index contributed by atoms with van der Waals surface area (Å²) in [6.45, 7) is 19.2. The Morgan fingerprint density at radius 3 is 1.42 bits per heavy atom. The summed E-state index contributed by atoms with van der Waals surface area (Å²) in [4.78, 5) is 23.9. The van der Waals surface area contributed by atoms with E-state index in [4.69, 9.17) is 18.9 Å². The van der Waals surface area contributed by atoms with Gasteiger partial charge in [0.1, 0.15) is 23.0 Å². The smallest absolute Gasteiger partial charge is 0.338 e. The number of ether oxygens (including phenoxy) is 4. The molecule has 0 spiro atoms. The lowest BCUT2D eigenvalue weighted by molar-refractivity contribution is -0.130. The van der Waals surface area contributed by atoms with Crippen LogP contribution in [0.1, 0.15) is 52.7 Å². The van der Waals surface area contributed by atoms with Crippen LogP contribution >= 0.6 is 0 Å². The van der Waals surface area contributed by atoms with Gasteiger partial charge in [-0.2, -0.15) is 0 Å². The lowest BCUT2D eigenvalue weighted by Gasteiger charge is -2.30. The molecule has 6 nitrogen and oxygen atoms in total. The molecule has 33 heavy (non-hydrogen) atoms. The summed E-state index contributed by atoms with van der Waals surface area (Å²) in [5, 5.41) is 0. The van der Waals surface area contributed by atoms with Gasteiger partial charge in [-0.15, -0.1) is 0 Å². The Morgan fingerprint density at radius 1 is 0.758 bits per heavy atom. The summed E-state index contributed by atoms with van der Waals surface area (Å²) in [6.07, 6.45) is 0. The first-order chi connectivity index (χ1) is 15.5. The Hall–Kier alpha value is -3.54. The summed E-state index contributed by atoms with van der Waals surface area (Å²) in [5.74, 6) is 0.937. The molecule has 0 bridgehead atoms. The maximum Gasteiger partial charge on any atom is 0.338 e. The zero-order valence-electron chi connectivity index (χ0n) is 20.2. The van der Waals surface area contributed by atoms with Crippen LogP contribution in [0.2, 0.25) is 0 Å². The summed E-state index contributed by atoms with van der Waals surface area (Å²) in [7, 11) is 0. The highest BCUT2D eigenvalue weighted by Crippen LogP contribution is 2.43. The number of hydrogen-bond donors (Lipinski definition) is 0. The van der Waals surface area contributed by atoms with E-state index >= 15 is 0 Å². The Morgan fingerprint density at radius 2 is 1.12 bits per heavy atom. The molecule has 0 fully saturated rings. The topological polar surface area (TPSA) is 71.1 Å². The summed E-state index contributed by atoms with van der Waals surface area (Å²) < 4.78 is 22.5. The van der Waals surface area contributed by atoms with Gasteiger partial charge in [0.15, 0.2) is 0 Å². The minimum Gasteiger partial charge on any atom is -0.493 e. The van der Waals surface area contributed by atoms with Crippen LogP contribution in [0.3, 0.4) is 0 Å². The monoisotopic (exact) mass is 452 g/mol. The molecule has 0 saturated carbocycles. The molecule has 0 unspecified atom stereocenters. The molecule has 0 aliphatic rings. The van der Waals surface area contributed by atoms with E-state index in [1.54, 1.807) is 38.1 Å². The molecule has 2 aromatic rings. The lowest BCUT2D eigenvalue weighted by Crippen LogP contribution is -2.22. The fourth-order valence-electron chi connectivity index (χ4n) is 3.25. The van der Waals surface area contributed by atoms with Crippen LogP contribution in [0.15, 0.2) is 60.7 Å². The van der Waals surface area contributed by atoms with Crippen molar-refractivity contribution in [2.75, 3.05) is 13.2 Å². The summed E-state index contributed by atoms with van der Waals surface area (Å²) in [5.41, 5.74) is 1.83. The van der Waals surface area contributed by atoms with E-state index in [9.17, 15) is 9.59 Å². The molecule has 0 radical (unpaired) electrons. The van der Waals surface area contributed by atoms with Crippen molar-refractivity contribution in [2.45, 2.75) is 47.0 Å². The van der Waals surface area contributed by atoms with Crippen molar-refractivity contribution >= 4 is 11.9 Å². The second-order valence-electron chi connectivity index (χ2n) is 8.15. The highest BCUT2D eigenvalue weighted by molar-refractivity contribution is 5.89. The third kappa shape index (κ3) is 6.25. The largest absolute Gasteiger partial charge is 0.493 e. The van der Waals surface area contributed by atoms with E-state index in [0.717, 1.165) is 11.1 Å². The maximum atomic E-state index is 11.9. The lowest BCUT2D eigenvalue weighted by atomic mass is 9.77. The van der Waals surface area contributed by atoms with Crippen molar-refractivity contribution in [1.82, 2.24) is 0 Å². The molecule has 0 aliphatic carbocycles. The van der Waals surface area contributed by atoms with Crippen LogP contribution in [-0.4, -0.2) is 25.2 Å². The van der Waals surface area contributed by atoms with Crippen LogP contribution in [0.4, 0.5) is 0 Å². The third-order valence-electron chi connectivity index (χ3n) is 4.97. The standard InChI is InChI=1S/C27H32O6/c1-9-30-23-15-19(32-25(28)17(3)4)11-13-21(23)27(7,8)22-14-12-20(16-24(22)31-10-2)33-26(29)18(5)6/h11-16H,3,5,9-10H2,1-2,4,6-8H3. The van der Waals surface area contributed by atoms with Crippen molar-refractivity contribution in [3.63, 3.8) is 0 Å². The molecule has 0 N–H and O–H groups in total. The molecule has 0 amide bonds. The molecular weight excluding hydrogens is 420 g/mol. The van der Waals surface area contributed by atoms with Crippen LogP contribution in [-0.2, 0) is 15.0 Å². The Kier molecular flexibility index (Phi) is 8.46. The van der Waals surface area contributed by atoms with Gasteiger partial charge in [-0.25, -0.2) is 9.59 Å². The van der Waals surface area contributed by atoms with E-state index in [1.165, 1.54) is 0 Å². The van der Waals surface area contributed by atoms with E-state index < -0.39 is 17.4 Å². The molecule has 176 valence electrons. The van der Waals surface area contributed by atoms with E-state index in [1.807, 2.05) is 39.8 Å². The zero-order chi connectivity index (χ0) is 24.8. The minimum atomic E-state index is -0.553. The quantitative estimate of drug-likeness (QED) is 0.259. The van der Waals surface area contributed by atoms with E-state index in [2.05, 4.69) is 13.2 Å². The first-order valence-electron chi connectivity index (χ1n) is 10.8. The highest BCUT2D eigenvalue weighted by Gasteiger charge is 2.31. The highest BCUT2D eigenvalue weighted by atomic mass is 16.5. The van der Waals surface area contributed by atoms with Gasteiger partial charge in [0.25, 0.3) is 0 Å². The van der Waals surface area contributed by atoms with Crippen molar-refractivity contribution in [1.29, 1.82) is 0 Å². The molecule has 0 aliphatic heterocycles. The molecule has 0 aromatic heterocycles. The van der Waals surface area contributed by atoms with Gasteiger partial charge in [-0.3, -0.25) is 0 Å². The third-order valence-corrected chi connectivity index (χ3v) is 4.97. The van der Waals surface area contributed by atoms with E-state index in [-0.39, 0.29) is 0 Å². The first kappa shape index (κ1) is 25.7. The van der Waals surface area contributed by atoms with Gasteiger partial charge >= 0.3 is 11.9 Å². The number of rotatable bonds is 10. The second-order valence-corrected chi connectivity index (χ2v) is 8.15. The zero-order valence-corrected chi connectivity index (χ0v) is 20.2. The van der Waals surface area contributed by atoms with Gasteiger partial charge in [-0.05, 0) is 39.8 Å². The Bertz CT molecular complexity index is 981. The second kappa shape index (κ2) is 10.9. The predicted molar refractivity (Wildman–Crippen MR) is 128 cm³/mol. The summed E-state index contributed by atoms with van der Waals surface area (Å²) in [6, 6.07) is 10.6. The number of hydrogen-bond acceptors (Lipinski definition) is 6. The van der Waals surface area contributed by atoms with Crippen LogP contribution in [0.25, 0.3) is 0 Å². The van der Waals surface area contributed by atoms with Crippen LogP contribution < -0.4 is 18.9 Å². The van der Waals surface area contributed by atoms with Crippen LogP contribution in [0.5, 0.6) is 23.0 Å². The Labute approximate surface area is 195 Å². The van der Waals surface area contributed by atoms with Crippen molar-refractivity contribution in [3.05, 3.63) is 71.8 Å². The van der Waals surface area contributed by atoms with Gasteiger partial charge in [0.2, 0.25) is 0 Å². The SMILES string of the molecule is C=C(C)C(=O)Oc1ccc(C(C)(C)c2ccc(OC(=O)C(=C)C)cc2OCC)c(OCC)c1. The minimum absolute atomic E-state index is 0.311. The van der Waals surface area contributed by atoms with Gasteiger partial charge < -0.3 is 18.9 Å². The fourth-order valence-corrected chi connectivity index (χ4v) is 3.25. The van der Waals surface area contributed by atoms with Gasteiger partial charge in [-0.1, -0.05) is 39.1 Å². The van der Waals surface area contributed by atoms with Crippen LogP contribution in [0, 0.1) is 0 Å². The number of carbonyl (C=O) groups is 2. The average molecular weight is 453 g/mol. The normalized spacial score (nSPS) is 10.8. The molecule has 2 aromatic carbocycles. The van der Waals surface area contributed by atoms with Crippen molar-refractivity contribution in [2.24, 2.45) is 0 Å². The predicted octanol–water partition coefficient (Wildman–Crippen LogP) is 5.77.